The number of hydrogen-bond donors (Lipinski definition) is 0. The van der Waals surface area contributed by atoms with Crippen LogP contribution in [0.2, 0.25) is 0 Å². The van der Waals surface area contributed by atoms with Crippen LogP contribution < -0.4 is 0 Å². The third-order valence-electron chi connectivity index (χ3n) is 10.0. The molecule has 4 aliphatic rings. The van der Waals surface area contributed by atoms with Crippen molar-refractivity contribution in [1.29, 1.82) is 0 Å². The first kappa shape index (κ1) is 19.6. The maximum absolute atomic E-state index is 12.4. The molecule has 0 N–H and O–H groups in total. The van der Waals surface area contributed by atoms with E-state index >= 15 is 0 Å². The van der Waals surface area contributed by atoms with E-state index in [-0.39, 0.29) is 0 Å². The largest absolute Gasteiger partial charge is 0.342 e. The van der Waals surface area contributed by atoms with Crippen LogP contribution in [0.25, 0.3) is 0 Å². The molecule has 3 heteroatoms. The van der Waals surface area contributed by atoms with E-state index in [1.54, 1.807) is 0 Å². The standard InChI is InChI=1S/C26H38N2O/c1-17-12-22-26(3,10-8-23(29)28(22)4)20-7-9-25(2)15-19(14-21(25)24(17)20)13-18-6-5-11-27-16-18/h5-6,11,16-17,19-22,24H,7-10,12-15H2,1-4H3/t17?,19?,20-,21-,22+,24?,25+,26+/m0/s1. The Labute approximate surface area is 176 Å². The molecule has 0 spiro atoms. The van der Waals surface area contributed by atoms with Gasteiger partial charge in [-0.3, -0.25) is 9.78 Å². The number of carbonyl (C=O) groups is 1. The van der Waals surface area contributed by atoms with Crippen LogP contribution in [0, 0.1) is 40.4 Å². The second-order valence-electron chi connectivity index (χ2n) is 11.6. The zero-order chi connectivity index (χ0) is 20.4. The number of aromatic nitrogens is 1. The summed E-state index contributed by atoms with van der Waals surface area (Å²) in [6.07, 6.45) is 13.8. The summed E-state index contributed by atoms with van der Waals surface area (Å²) in [6.45, 7) is 7.65. The zero-order valence-corrected chi connectivity index (χ0v) is 18.7. The first-order valence-corrected chi connectivity index (χ1v) is 12.0. The van der Waals surface area contributed by atoms with Gasteiger partial charge in [0.2, 0.25) is 5.91 Å². The summed E-state index contributed by atoms with van der Waals surface area (Å²) in [5, 5.41) is 0. The fraction of sp³-hybridized carbons (Fsp3) is 0.769. The highest BCUT2D eigenvalue weighted by molar-refractivity contribution is 5.77. The van der Waals surface area contributed by atoms with Crippen LogP contribution in [0.15, 0.2) is 24.5 Å². The number of piperidine rings is 1. The van der Waals surface area contributed by atoms with Crippen molar-refractivity contribution in [2.75, 3.05) is 7.05 Å². The van der Waals surface area contributed by atoms with Crippen LogP contribution in [0.3, 0.4) is 0 Å². The van der Waals surface area contributed by atoms with Gasteiger partial charge in [0.1, 0.15) is 0 Å². The topological polar surface area (TPSA) is 33.2 Å². The molecule has 3 saturated carbocycles. The Balaban J connectivity index is 1.41. The molecule has 3 nitrogen and oxygen atoms in total. The zero-order valence-electron chi connectivity index (χ0n) is 18.7. The van der Waals surface area contributed by atoms with Gasteiger partial charge in [0.15, 0.2) is 0 Å². The monoisotopic (exact) mass is 394 g/mol. The lowest BCUT2D eigenvalue weighted by Gasteiger charge is -2.63. The fourth-order valence-corrected chi connectivity index (χ4v) is 8.68. The number of rotatable bonds is 2. The minimum absolute atomic E-state index is 0.322. The number of carbonyl (C=O) groups excluding carboxylic acids is 1. The van der Waals surface area contributed by atoms with Crippen LogP contribution in [0.4, 0.5) is 0 Å². The molecule has 1 amide bonds. The van der Waals surface area contributed by atoms with E-state index in [0.29, 0.717) is 22.8 Å². The predicted octanol–water partition coefficient (Wildman–Crippen LogP) is 5.35. The maximum atomic E-state index is 12.4. The Kier molecular flexibility index (Phi) is 4.60. The highest BCUT2D eigenvalue weighted by Crippen LogP contribution is 2.66. The maximum Gasteiger partial charge on any atom is 0.222 e. The normalized spacial score (nSPS) is 46.8. The molecule has 4 fully saturated rings. The van der Waals surface area contributed by atoms with Crippen molar-refractivity contribution >= 4 is 5.91 Å². The first-order chi connectivity index (χ1) is 13.8. The van der Waals surface area contributed by atoms with Crippen LogP contribution in [-0.2, 0) is 11.2 Å². The number of nitrogens with zero attached hydrogens (tertiary/aromatic N) is 2. The fourth-order valence-electron chi connectivity index (χ4n) is 8.68. The molecule has 1 aliphatic heterocycles. The van der Waals surface area contributed by atoms with Crippen molar-refractivity contribution in [3.05, 3.63) is 30.1 Å². The highest BCUT2D eigenvalue weighted by Gasteiger charge is 2.61. The van der Waals surface area contributed by atoms with Gasteiger partial charge in [0, 0.05) is 31.9 Å². The molecule has 8 atom stereocenters. The summed E-state index contributed by atoms with van der Waals surface area (Å²) in [5.41, 5.74) is 2.25. The Morgan fingerprint density at radius 1 is 1.21 bits per heavy atom. The SMILES string of the molecule is CC1C[C@H]2N(C)C(=O)CC[C@]2(C)[C@H]2CC[C@]3(C)CC(Cc4cccnc4)C[C@H]3C12. The Morgan fingerprint density at radius 2 is 2.03 bits per heavy atom. The van der Waals surface area contributed by atoms with Gasteiger partial charge in [-0.15, -0.1) is 0 Å². The molecular weight excluding hydrogens is 356 g/mol. The van der Waals surface area contributed by atoms with Gasteiger partial charge in [-0.2, -0.15) is 0 Å². The predicted molar refractivity (Wildman–Crippen MR) is 116 cm³/mol. The second kappa shape index (κ2) is 6.82. The number of fused-ring (bicyclic) bond motifs is 5. The molecule has 0 bridgehead atoms. The van der Waals surface area contributed by atoms with E-state index in [1.165, 1.54) is 44.1 Å². The Hall–Kier alpha value is -1.38. The number of hydrogen-bond acceptors (Lipinski definition) is 2. The quantitative estimate of drug-likeness (QED) is 0.677. The van der Waals surface area contributed by atoms with Gasteiger partial charge >= 0.3 is 0 Å². The molecule has 3 unspecified atom stereocenters. The van der Waals surface area contributed by atoms with Crippen molar-refractivity contribution in [1.82, 2.24) is 9.88 Å². The van der Waals surface area contributed by atoms with Gasteiger partial charge in [-0.25, -0.2) is 0 Å². The van der Waals surface area contributed by atoms with Gasteiger partial charge in [-0.1, -0.05) is 26.8 Å². The van der Waals surface area contributed by atoms with E-state index in [1.807, 2.05) is 6.20 Å². The Morgan fingerprint density at radius 3 is 2.79 bits per heavy atom. The second-order valence-corrected chi connectivity index (χ2v) is 11.6. The van der Waals surface area contributed by atoms with Gasteiger partial charge < -0.3 is 4.90 Å². The number of pyridine rings is 1. The van der Waals surface area contributed by atoms with E-state index in [4.69, 9.17) is 0 Å². The average Bonchev–Trinajstić information content (AvgIpc) is 3.03. The highest BCUT2D eigenvalue weighted by atomic mass is 16.2. The summed E-state index contributed by atoms with van der Waals surface area (Å²) in [6, 6.07) is 4.79. The van der Waals surface area contributed by atoms with Crippen molar-refractivity contribution in [2.24, 2.45) is 40.4 Å². The smallest absolute Gasteiger partial charge is 0.222 e. The molecule has 1 aromatic rings. The first-order valence-electron chi connectivity index (χ1n) is 12.0. The molecule has 29 heavy (non-hydrogen) atoms. The van der Waals surface area contributed by atoms with Crippen molar-refractivity contribution < 1.29 is 4.79 Å². The third kappa shape index (κ3) is 2.98. The van der Waals surface area contributed by atoms with Crippen LogP contribution in [0.5, 0.6) is 0 Å². The van der Waals surface area contributed by atoms with Crippen molar-refractivity contribution in [3.63, 3.8) is 0 Å². The molecule has 1 aromatic heterocycles. The van der Waals surface area contributed by atoms with Crippen LogP contribution >= 0.6 is 0 Å². The molecule has 2 heterocycles. The van der Waals surface area contributed by atoms with Crippen LogP contribution in [-0.4, -0.2) is 28.9 Å². The molecule has 1 saturated heterocycles. The van der Waals surface area contributed by atoms with E-state index in [2.05, 4.69) is 56.0 Å². The third-order valence-corrected chi connectivity index (χ3v) is 10.0. The van der Waals surface area contributed by atoms with Gasteiger partial charge in [-0.05, 0) is 97.0 Å². The molecule has 3 aliphatic carbocycles. The summed E-state index contributed by atoms with van der Waals surface area (Å²) in [5.74, 6) is 4.40. The van der Waals surface area contributed by atoms with Crippen molar-refractivity contribution in [2.45, 2.75) is 78.2 Å². The lowest BCUT2D eigenvalue weighted by atomic mass is 9.45. The van der Waals surface area contributed by atoms with E-state index in [0.717, 1.165) is 42.4 Å². The lowest BCUT2D eigenvalue weighted by Crippen LogP contribution is -2.62. The molecule has 0 aromatic carbocycles. The summed E-state index contributed by atoms with van der Waals surface area (Å²) >= 11 is 0. The minimum atomic E-state index is 0.322. The number of likely N-dealkylation sites (tertiary alicyclic amines) is 1. The molecule has 5 rings (SSSR count). The lowest BCUT2D eigenvalue weighted by molar-refractivity contribution is -0.164. The summed E-state index contributed by atoms with van der Waals surface area (Å²) in [4.78, 5) is 18.9. The molecule has 158 valence electrons. The van der Waals surface area contributed by atoms with Crippen LogP contribution in [0.1, 0.15) is 71.3 Å². The average molecular weight is 395 g/mol. The van der Waals surface area contributed by atoms with Crippen molar-refractivity contribution in [3.8, 4) is 0 Å². The number of amides is 1. The molecular formula is C26H38N2O. The van der Waals surface area contributed by atoms with Gasteiger partial charge in [0.05, 0.1) is 0 Å². The summed E-state index contributed by atoms with van der Waals surface area (Å²) < 4.78 is 0. The van der Waals surface area contributed by atoms with Gasteiger partial charge in [0.25, 0.3) is 0 Å². The minimum Gasteiger partial charge on any atom is -0.342 e. The van der Waals surface area contributed by atoms with E-state index in [9.17, 15) is 4.79 Å². The van der Waals surface area contributed by atoms with E-state index < -0.39 is 0 Å². The Bertz CT molecular complexity index is 778. The summed E-state index contributed by atoms with van der Waals surface area (Å²) in [7, 11) is 2.07. The molecule has 0 radical (unpaired) electrons.